The largest absolute Gasteiger partial charge is 0.378 e. The van der Waals surface area contributed by atoms with Crippen molar-refractivity contribution in [2.24, 2.45) is 0 Å². The standard InChI is InChI=1S/C28H30FN7O3/c1-17-5-6-21(32-27(37)19-11-20(29)13-22(12-19)35-7-9-39-10-8-35)14-24(17)33-26-25-18(2)23(28(38)34(3)4)15-36(25)31-16-30-26/h5-6,11-16H,7-10H2,1-4H3,(H,32,37)(H,30,31,33). The minimum atomic E-state index is -0.474. The van der Waals surface area contributed by atoms with E-state index in [2.05, 4.69) is 20.7 Å². The summed E-state index contributed by atoms with van der Waals surface area (Å²) in [5.41, 5.74) is 5.00. The Morgan fingerprint density at radius 2 is 1.85 bits per heavy atom. The number of anilines is 4. The minimum absolute atomic E-state index is 0.126. The molecular weight excluding hydrogens is 501 g/mol. The summed E-state index contributed by atoms with van der Waals surface area (Å²) < 4.78 is 21.4. The van der Waals surface area contributed by atoms with E-state index in [0.717, 1.165) is 11.1 Å². The summed E-state index contributed by atoms with van der Waals surface area (Å²) in [5, 5.41) is 10.5. The van der Waals surface area contributed by atoms with Crippen LogP contribution in [0.5, 0.6) is 0 Å². The van der Waals surface area contributed by atoms with Gasteiger partial charge in [-0.15, -0.1) is 0 Å². The average Bonchev–Trinajstić information content (AvgIpc) is 3.27. The molecule has 2 aromatic heterocycles. The monoisotopic (exact) mass is 531 g/mol. The van der Waals surface area contributed by atoms with Gasteiger partial charge in [-0.25, -0.2) is 13.9 Å². The van der Waals surface area contributed by atoms with Gasteiger partial charge < -0.3 is 25.2 Å². The number of carbonyl (C=O) groups is 2. The Morgan fingerprint density at radius 1 is 1.08 bits per heavy atom. The third kappa shape index (κ3) is 5.39. The van der Waals surface area contributed by atoms with Gasteiger partial charge in [0.25, 0.3) is 11.8 Å². The number of hydrogen-bond acceptors (Lipinski definition) is 7. The second kappa shape index (κ2) is 10.7. The fourth-order valence-corrected chi connectivity index (χ4v) is 4.58. The third-order valence-corrected chi connectivity index (χ3v) is 6.73. The van der Waals surface area contributed by atoms with Crippen molar-refractivity contribution in [3.63, 3.8) is 0 Å². The predicted octanol–water partition coefficient (Wildman–Crippen LogP) is 4.02. The lowest BCUT2D eigenvalue weighted by Gasteiger charge is -2.29. The maximum Gasteiger partial charge on any atom is 0.255 e. The number of aryl methyl sites for hydroxylation is 2. The Hall–Kier alpha value is -4.51. The number of morpholine rings is 1. The minimum Gasteiger partial charge on any atom is -0.378 e. The molecule has 3 heterocycles. The van der Waals surface area contributed by atoms with Gasteiger partial charge in [-0.3, -0.25) is 9.59 Å². The van der Waals surface area contributed by atoms with Gasteiger partial charge in [-0.2, -0.15) is 5.10 Å². The Kier molecular flexibility index (Phi) is 7.16. The number of halogens is 1. The molecule has 1 aliphatic heterocycles. The van der Waals surface area contributed by atoms with E-state index in [1.807, 2.05) is 24.8 Å². The molecule has 1 saturated heterocycles. The molecule has 2 N–H and O–H groups in total. The first-order valence-electron chi connectivity index (χ1n) is 12.6. The van der Waals surface area contributed by atoms with Crippen LogP contribution >= 0.6 is 0 Å². The van der Waals surface area contributed by atoms with Gasteiger partial charge in [0.15, 0.2) is 5.82 Å². The number of nitrogens with zero attached hydrogens (tertiary/aromatic N) is 5. The van der Waals surface area contributed by atoms with E-state index >= 15 is 0 Å². The molecule has 2 amide bonds. The summed E-state index contributed by atoms with van der Waals surface area (Å²) >= 11 is 0. The van der Waals surface area contributed by atoms with Crippen LogP contribution < -0.4 is 15.5 Å². The molecule has 0 unspecified atom stereocenters. The second-order valence-electron chi connectivity index (χ2n) is 9.68. The van der Waals surface area contributed by atoms with E-state index in [1.165, 1.54) is 23.4 Å². The smallest absolute Gasteiger partial charge is 0.255 e. The maximum absolute atomic E-state index is 14.4. The van der Waals surface area contributed by atoms with E-state index in [0.29, 0.717) is 60.3 Å². The molecule has 2 aromatic carbocycles. The van der Waals surface area contributed by atoms with Crippen LogP contribution in [-0.2, 0) is 4.74 Å². The number of amides is 2. The van der Waals surface area contributed by atoms with Gasteiger partial charge in [-0.05, 0) is 55.3 Å². The number of nitrogens with one attached hydrogen (secondary N) is 2. The number of fused-ring (bicyclic) bond motifs is 1. The zero-order valence-corrected chi connectivity index (χ0v) is 22.3. The van der Waals surface area contributed by atoms with Crippen LogP contribution in [0.25, 0.3) is 5.52 Å². The number of benzene rings is 2. The van der Waals surface area contributed by atoms with Gasteiger partial charge in [0.2, 0.25) is 0 Å². The molecule has 10 nitrogen and oxygen atoms in total. The highest BCUT2D eigenvalue weighted by molar-refractivity contribution is 6.05. The number of rotatable bonds is 6. The first-order chi connectivity index (χ1) is 18.7. The highest BCUT2D eigenvalue weighted by atomic mass is 19.1. The first kappa shape index (κ1) is 26.1. The Balaban J connectivity index is 1.40. The molecular formula is C28H30FN7O3. The summed E-state index contributed by atoms with van der Waals surface area (Å²) in [4.78, 5) is 33.7. The van der Waals surface area contributed by atoms with Crippen molar-refractivity contribution in [2.75, 3.05) is 55.9 Å². The van der Waals surface area contributed by atoms with Crippen LogP contribution in [-0.4, -0.2) is 71.7 Å². The maximum atomic E-state index is 14.4. The lowest BCUT2D eigenvalue weighted by atomic mass is 10.1. The van der Waals surface area contributed by atoms with Crippen molar-refractivity contribution in [2.45, 2.75) is 13.8 Å². The predicted molar refractivity (Wildman–Crippen MR) is 148 cm³/mol. The lowest BCUT2D eigenvalue weighted by molar-refractivity contribution is 0.0826. The SMILES string of the molecule is Cc1ccc(NC(=O)c2cc(F)cc(N3CCOCC3)c2)cc1Nc1ncnn2cc(C(=O)N(C)C)c(C)c12. The zero-order chi connectivity index (χ0) is 27.7. The van der Waals surface area contributed by atoms with Crippen molar-refractivity contribution < 1.29 is 18.7 Å². The lowest BCUT2D eigenvalue weighted by Crippen LogP contribution is -2.36. The zero-order valence-electron chi connectivity index (χ0n) is 22.3. The summed E-state index contributed by atoms with van der Waals surface area (Å²) in [7, 11) is 3.40. The number of carbonyl (C=O) groups excluding carboxylic acids is 2. The van der Waals surface area contributed by atoms with Crippen molar-refractivity contribution in [3.05, 3.63) is 77.0 Å². The van der Waals surface area contributed by atoms with Crippen molar-refractivity contribution >= 4 is 40.2 Å². The van der Waals surface area contributed by atoms with Crippen LogP contribution in [0.15, 0.2) is 48.9 Å². The van der Waals surface area contributed by atoms with E-state index in [-0.39, 0.29) is 11.5 Å². The van der Waals surface area contributed by atoms with E-state index in [4.69, 9.17) is 4.74 Å². The summed E-state index contributed by atoms with van der Waals surface area (Å²) in [6.45, 7) is 6.19. The van der Waals surface area contributed by atoms with Crippen LogP contribution in [0, 0.1) is 19.7 Å². The van der Waals surface area contributed by atoms with E-state index < -0.39 is 11.7 Å². The number of aromatic nitrogens is 3. The molecule has 11 heteroatoms. The highest BCUT2D eigenvalue weighted by Gasteiger charge is 2.20. The molecule has 0 atom stereocenters. The van der Waals surface area contributed by atoms with Crippen molar-refractivity contribution in [3.8, 4) is 0 Å². The van der Waals surface area contributed by atoms with Gasteiger partial charge in [-0.1, -0.05) is 6.07 Å². The van der Waals surface area contributed by atoms with Gasteiger partial charge >= 0.3 is 0 Å². The topological polar surface area (TPSA) is 104 Å². The molecule has 0 spiro atoms. The normalized spacial score (nSPS) is 13.4. The second-order valence-corrected chi connectivity index (χ2v) is 9.68. The third-order valence-electron chi connectivity index (χ3n) is 6.73. The summed E-state index contributed by atoms with van der Waals surface area (Å²) in [6.07, 6.45) is 3.10. The van der Waals surface area contributed by atoms with E-state index in [1.54, 1.807) is 43.0 Å². The average molecular weight is 532 g/mol. The summed E-state index contributed by atoms with van der Waals surface area (Å²) in [6, 6.07) is 9.79. The highest BCUT2D eigenvalue weighted by Crippen LogP contribution is 2.29. The fourth-order valence-electron chi connectivity index (χ4n) is 4.58. The Labute approximate surface area is 225 Å². The molecule has 4 aromatic rings. The number of ether oxygens (including phenoxy) is 1. The van der Waals surface area contributed by atoms with Crippen LogP contribution in [0.1, 0.15) is 31.8 Å². The Bertz CT molecular complexity index is 1560. The number of hydrogen-bond donors (Lipinski definition) is 2. The van der Waals surface area contributed by atoms with Gasteiger partial charge in [0.1, 0.15) is 17.7 Å². The van der Waals surface area contributed by atoms with Crippen LogP contribution in [0.2, 0.25) is 0 Å². The molecule has 202 valence electrons. The fraction of sp³-hybridized carbons (Fsp3) is 0.286. The van der Waals surface area contributed by atoms with Crippen molar-refractivity contribution in [1.82, 2.24) is 19.5 Å². The molecule has 39 heavy (non-hydrogen) atoms. The molecule has 1 aliphatic rings. The molecule has 5 rings (SSSR count). The van der Waals surface area contributed by atoms with Gasteiger partial charge in [0, 0.05) is 56.0 Å². The Morgan fingerprint density at radius 3 is 2.59 bits per heavy atom. The molecule has 0 aliphatic carbocycles. The summed E-state index contributed by atoms with van der Waals surface area (Å²) in [5.74, 6) is -0.499. The van der Waals surface area contributed by atoms with Crippen LogP contribution in [0.3, 0.4) is 0 Å². The first-order valence-corrected chi connectivity index (χ1v) is 12.6. The molecule has 0 saturated carbocycles. The van der Waals surface area contributed by atoms with Crippen molar-refractivity contribution in [1.29, 1.82) is 0 Å². The molecule has 0 bridgehead atoms. The van der Waals surface area contributed by atoms with E-state index in [9.17, 15) is 14.0 Å². The van der Waals surface area contributed by atoms with Crippen LogP contribution in [0.4, 0.5) is 27.3 Å². The van der Waals surface area contributed by atoms with Gasteiger partial charge in [0.05, 0.1) is 18.8 Å². The molecule has 0 radical (unpaired) electrons. The quantitative estimate of drug-likeness (QED) is 0.387. The molecule has 1 fully saturated rings.